The Morgan fingerprint density at radius 2 is 1.82 bits per heavy atom. The van der Waals surface area contributed by atoms with Gasteiger partial charge in [-0.15, -0.1) is 0 Å². The van der Waals surface area contributed by atoms with E-state index in [9.17, 15) is 14.4 Å². The molecule has 3 aliphatic rings. The van der Waals surface area contributed by atoms with Crippen molar-refractivity contribution in [2.75, 3.05) is 64.8 Å². The number of carbonyl (C=O) groups is 3. The van der Waals surface area contributed by atoms with Crippen LogP contribution >= 0.6 is 0 Å². The fourth-order valence-electron chi connectivity index (χ4n) is 8.10. The third-order valence-corrected chi connectivity index (χ3v) is 11.4. The zero-order valence-corrected chi connectivity index (χ0v) is 30.6. The molecule has 0 bridgehead atoms. The predicted octanol–water partition coefficient (Wildman–Crippen LogP) is 5.29. The number of hydrogen-bond acceptors (Lipinski definition) is 7. The molecule has 1 aliphatic carbocycles. The number of piperidine rings is 1. The van der Waals surface area contributed by atoms with E-state index in [1.54, 1.807) is 25.2 Å². The van der Waals surface area contributed by atoms with Crippen LogP contribution in [0.2, 0.25) is 0 Å². The molecule has 0 spiro atoms. The standard InChI is InChI=1S/C40H52N8O3/c1-40(2)14-11-32-35(23-40)43-44-38(32)34-21-28-5-6-29(22-33(28)42-34)39(51)48-19-17-46(18-20-48)25-27-12-15-47(16-13-27)36-9-7-30(24-41-36)31(26-49)8-10-37(50)45(3)4/h5-7,9,21-22,24,26-27,31,42H,8,10-20,23,25H2,1-4H3,(H,43,44). The second kappa shape index (κ2) is 14.6. The number of aromatic nitrogens is 4. The highest BCUT2D eigenvalue weighted by molar-refractivity contribution is 5.99. The van der Waals surface area contributed by atoms with E-state index in [0.29, 0.717) is 24.2 Å². The van der Waals surface area contributed by atoms with Crippen LogP contribution < -0.4 is 4.90 Å². The number of nitrogens with one attached hydrogen (secondary N) is 2. The van der Waals surface area contributed by atoms with E-state index in [1.165, 1.54) is 11.3 Å². The van der Waals surface area contributed by atoms with Gasteiger partial charge in [-0.3, -0.25) is 19.6 Å². The molecule has 0 saturated carbocycles. The van der Waals surface area contributed by atoms with E-state index in [2.05, 4.69) is 45.9 Å². The Balaban J connectivity index is 0.877. The molecule has 2 N–H and O–H groups in total. The highest BCUT2D eigenvalue weighted by atomic mass is 16.2. The number of amides is 2. The van der Waals surface area contributed by atoms with Crippen molar-refractivity contribution in [2.45, 2.75) is 64.7 Å². The molecular weight excluding hydrogens is 640 g/mol. The van der Waals surface area contributed by atoms with Crippen LogP contribution in [0, 0.1) is 11.3 Å². The third-order valence-electron chi connectivity index (χ3n) is 11.4. The molecule has 270 valence electrons. The molecule has 2 aliphatic heterocycles. The number of pyridine rings is 1. The van der Waals surface area contributed by atoms with Gasteiger partial charge in [0.2, 0.25) is 5.91 Å². The first kappa shape index (κ1) is 34.9. The van der Waals surface area contributed by atoms with Gasteiger partial charge in [0.25, 0.3) is 5.91 Å². The minimum atomic E-state index is -0.320. The van der Waals surface area contributed by atoms with Crippen LogP contribution in [0.3, 0.4) is 0 Å². The first-order valence-electron chi connectivity index (χ1n) is 18.6. The molecule has 1 unspecified atom stereocenters. The van der Waals surface area contributed by atoms with E-state index in [1.807, 2.05) is 29.2 Å². The molecule has 1 atom stereocenters. The molecule has 7 rings (SSSR count). The van der Waals surface area contributed by atoms with Gasteiger partial charge in [-0.05, 0) is 79.7 Å². The molecule has 2 fully saturated rings. The van der Waals surface area contributed by atoms with Gasteiger partial charge < -0.3 is 24.5 Å². The summed E-state index contributed by atoms with van der Waals surface area (Å²) in [5.74, 6) is 1.36. The Morgan fingerprint density at radius 1 is 1.04 bits per heavy atom. The van der Waals surface area contributed by atoms with Gasteiger partial charge in [0.05, 0.1) is 5.69 Å². The maximum atomic E-state index is 13.6. The molecule has 5 heterocycles. The van der Waals surface area contributed by atoms with Crippen molar-refractivity contribution in [3.05, 3.63) is 65.0 Å². The average molecular weight is 693 g/mol. The maximum Gasteiger partial charge on any atom is 0.254 e. The summed E-state index contributed by atoms with van der Waals surface area (Å²) in [6, 6.07) is 12.2. The van der Waals surface area contributed by atoms with Crippen LogP contribution in [0.1, 0.15) is 79.0 Å². The van der Waals surface area contributed by atoms with Gasteiger partial charge in [0.15, 0.2) is 0 Å². The maximum absolute atomic E-state index is 13.6. The molecule has 4 aromatic rings. The Bertz CT molecular complexity index is 1860. The van der Waals surface area contributed by atoms with Gasteiger partial charge in [-0.1, -0.05) is 26.0 Å². The van der Waals surface area contributed by atoms with Gasteiger partial charge in [0, 0.05) is 106 Å². The molecule has 51 heavy (non-hydrogen) atoms. The normalized spacial score (nSPS) is 18.8. The minimum absolute atomic E-state index is 0.0257. The number of aldehydes is 1. The van der Waals surface area contributed by atoms with Crippen molar-refractivity contribution in [2.24, 2.45) is 11.3 Å². The Labute approximate surface area is 300 Å². The van der Waals surface area contributed by atoms with E-state index in [4.69, 9.17) is 10.1 Å². The Hall–Kier alpha value is -4.51. The van der Waals surface area contributed by atoms with Crippen LogP contribution in [0.15, 0.2) is 42.6 Å². The molecule has 1 aromatic carbocycles. The first-order chi connectivity index (χ1) is 24.6. The van der Waals surface area contributed by atoms with Crippen LogP contribution in [0.25, 0.3) is 22.3 Å². The van der Waals surface area contributed by atoms with Crippen LogP contribution in [0.4, 0.5) is 5.82 Å². The van der Waals surface area contributed by atoms with Gasteiger partial charge >= 0.3 is 0 Å². The Kier molecular flexibility index (Phi) is 10.0. The van der Waals surface area contributed by atoms with Crippen molar-refractivity contribution in [1.29, 1.82) is 0 Å². The topological polar surface area (TPSA) is 122 Å². The average Bonchev–Trinajstić information content (AvgIpc) is 3.75. The monoisotopic (exact) mass is 692 g/mol. The smallest absolute Gasteiger partial charge is 0.254 e. The fraction of sp³-hybridized carbons (Fsp3) is 0.525. The SMILES string of the molecule is CN(C)C(=O)CCC(C=O)c1ccc(N2CCC(CN3CCN(C(=O)c4ccc5cc(-c6n[nH]c7c6CCC(C)(C)C7)[nH]c5c4)CC3)CC2)nc1. The van der Waals surface area contributed by atoms with Gasteiger partial charge in [0.1, 0.15) is 17.8 Å². The van der Waals surface area contributed by atoms with E-state index in [0.717, 1.165) is 123 Å². The summed E-state index contributed by atoms with van der Waals surface area (Å²) < 4.78 is 0. The number of piperazine rings is 1. The minimum Gasteiger partial charge on any atom is -0.357 e. The first-order valence-corrected chi connectivity index (χ1v) is 18.6. The number of aromatic amines is 2. The number of carbonyl (C=O) groups excluding carboxylic acids is 3. The summed E-state index contributed by atoms with van der Waals surface area (Å²) in [6.45, 7) is 10.9. The largest absolute Gasteiger partial charge is 0.357 e. The van der Waals surface area contributed by atoms with Crippen molar-refractivity contribution in [3.8, 4) is 11.4 Å². The summed E-state index contributed by atoms with van der Waals surface area (Å²) in [6.07, 6.45) is 8.95. The van der Waals surface area contributed by atoms with Crippen LogP contribution in [0.5, 0.6) is 0 Å². The second-order valence-corrected chi connectivity index (χ2v) is 15.9. The zero-order chi connectivity index (χ0) is 35.7. The van der Waals surface area contributed by atoms with Crippen molar-refractivity contribution in [1.82, 2.24) is 34.9 Å². The van der Waals surface area contributed by atoms with E-state index < -0.39 is 0 Å². The predicted molar refractivity (Wildman–Crippen MR) is 200 cm³/mol. The number of H-pyrrole nitrogens is 2. The second-order valence-electron chi connectivity index (χ2n) is 15.9. The number of nitrogens with zero attached hydrogens (tertiary/aromatic N) is 6. The van der Waals surface area contributed by atoms with Crippen molar-refractivity contribution >= 4 is 34.8 Å². The lowest BCUT2D eigenvalue weighted by atomic mass is 9.76. The molecule has 2 amide bonds. The number of rotatable bonds is 10. The highest BCUT2D eigenvalue weighted by Crippen LogP contribution is 2.38. The summed E-state index contributed by atoms with van der Waals surface area (Å²) in [4.78, 5) is 53.9. The van der Waals surface area contributed by atoms with Crippen molar-refractivity contribution in [3.63, 3.8) is 0 Å². The highest BCUT2D eigenvalue weighted by Gasteiger charge is 2.30. The quantitative estimate of drug-likeness (QED) is 0.217. The summed E-state index contributed by atoms with van der Waals surface area (Å²) in [7, 11) is 3.46. The molecule has 3 aromatic heterocycles. The zero-order valence-electron chi connectivity index (χ0n) is 30.6. The Morgan fingerprint density at radius 3 is 2.53 bits per heavy atom. The number of hydrogen-bond donors (Lipinski definition) is 2. The number of anilines is 1. The third kappa shape index (κ3) is 7.73. The number of benzene rings is 1. The van der Waals surface area contributed by atoms with Crippen LogP contribution in [-0.4, -0.2) is 113 Å². The van der Waals surface area contributed by atoms with Gasteiger partial charge in [-0.2, -0.15) is 5.10 Å². The molecule has 2 saturated heterocycles. The molecule has 0 radical (unpaired) electrons. The summed E-state index contributed by atoms with van der Waals surface area (Å²) >= 11 is 0. The van der Waals surface area contributed by atoms with Crippen LogP contribution in [-0.2, 0) is 22.4 Å². The molecule has 11 nitrogen and oxygen atoms in total. The van der Waals surface area contributed by atoms with Crippen molar-refractivity contribution < 1.29 is 14.4 Å². The summed E-state index contributed by atoms with van der Waals surface area (Å²) in [5, 5.41) is 9.07. The number of fused-ring (bicyclic) bond motifs is 2. The lowest BCUT2D eigenvalue weighted by molar-refractivity contribution is -0.128. The van der Waals surface area contributed by atoms with E-state index >= 15 is 0 Å². The lowest BCUT2D eigenvalue weighted by Crippen LogP contribution is -2.50. The molecule has 11 heteroatoms. The fourth-order valence-corrected chi connectivity index (χ4v) is 8.10. The molecular formula is C40H52N8O3. The lowest BCUT2D eigenvalue weighted by Gasteiger charge is -2.39. The summed E-state index contributed by atoms with van der Waals surface area (Å²) in [5.41, 5.74) is 7.44. The van der Waals surface area contributed by atoms with E-state index in [-0.39, 0.29) is 17.7 Å². The van der Waals surface area contributed by atoms with Gasteiger partial charge in [-0.25, -0.2) is 4.98 Å².